The van der Waals surface area contributed by atoms with E-state index in [-0.39, 0.29) is 11.8 Å². The predicted molar refractivity (Wildman–Crippen MR) is 118 cm³/mol. The van der Waals surface area contributed by atoms with Gasteiger partial charge in [-0.1, -0.05) is 24.3 Å². The summed E-state index contributed by atoms with van der Waals surface area (Å²) < 4.78 is 0. The minimum absolute atomic E-state index is 0.00635. The number of hydrogen-bond donors (Lipinski definition) is 1. The fraction of sp³-hybridized carbons (Fsp3) is 0.320. The van der Waals surface area contributed by atoms with Crippen LogP contribution in [0.1, 0.15) is 36.0 Å². The lowest BCUT2D eigenvalue weighted by Crippen LogP contribution is -2.38. The van der Waals surface area contributed by atoms with E-state index in [1.54, 1.807) is 6.20 Å². The van der Waals surface area contributed by atoms with Crippen molar-refractivity contribution in [2.75, 3.05) is 23.3 Å². The molecule has 5 nitrogen and oxygen atoms in total. The van der Waals surface area contributed by atoms with Gasteiger partial charge in [-0.2, -0.15) is 5.26 Å². The number of amides is 1. The number of para-hydroxylation sites is 1. The molecular formula is C25H24N4O. The summed E-state index contributed by atoms with van der Waals surface area (Å²) in [6.45, 7) is 1.51. The van der Waals surface area contributed by atoms with Gasteiger partial charge < -0.3 is 10.2 Å². The Morgan fingerprint density at radius 2 is 1.90 bits per heavy atom. The van der Waals surface area contributed by atoms with Crippen molar-refractivity contribution in [2.45, 2.75) is 32.1 Å². The first-order valence-electron chi connectivity index (χ1n) is 10.7. The Bertz CT molecular complexity index is 1160. The molecule has 1 aromatic heterocycles. The number of nitriles is 1. The van der Waals surface area contributed by atoms with Gasteiger partial charge in [0.25, 0.3) is 0 Å². The van der Waals surface area contributed by atoms with E-state index in [2.05, 4.69) is 33.4 Å². The third kappa shape index (κ3) is 3.39. The topological polar surface area (TPSA) is 69.0 Å². The van der Waals surface area contributed by atoms with E-state index in [9.17, 15) is 10.1 Å². The predicted octanol–water partition coefficient (Wildman–Crippen LogP) is 4.45. The molecule has 1 aliphatic heterocycles. The quantitative estimate of drug-likeness (QED) is 0.710. The first kappa shape index (κ1) is 18.6. The summed E-state index contributed by atoms with van der Waals surface area (Å²) in [6, 6.07) is 16.5. The van der Waals surface area contributed by atoms with Gasteiger partial charge in [0.05, 0.1) is 16.8 Å². The summed E-state index contributed by atoms with van der Waals surface area (Å²) in [4.78, 5) is 19.5. The van der Waals surface area contributed by atoms with Crippen molar-refractivity contribution in [3.8, 4) is 6.07 Å². The fourth-order valence-electron chi connectivity index (χ4n) is 4.81. The molecular weight excluding hydrogens is 372 g/mol. The molecule has 2 heterocycles. The molecule has 1 aliphatic carbocycles. The second-order valence-corrected chi connectivity index (χ2v) is 8.24. The minimum atomic E-state index is -0.00635. The molecule has 1 amide bonds. The smallest absolute Gasteiger partial charge is 0.227 e. The Kier molecular flexibility index (Phi) is 4.84. The highest BCUT2D eigenvalue weighted by atomic mass is 16.1. The molecule has 0 spiro atoms. The average Bonchev–Trinajstić information content (AvgIpc) is 3.26. The molecule has 0 radical (unpaired) electrons. The number of piperidine rings is 1. The van der Waals surface area contributed by atoms with E-state index < -0.39 is 0 Å². The summed E-state index contributed by atoms with van der Waals surface area (Å²) >= 11 is 0. The number of pyridine rings is 1. The molecule has 1 N–H and O–H groups in total. The molecule has 5 heteroatoms. The maximum absolute atomic E-state index is 12.9. The molecule has 3 aromatic rings. The molecule has 0 unspecified atom stereocenters. The average molecular weight is 396 g/mol. The number of nitrogens with zero attached hydrogens (tertiary/aromatic N) is 3. The van der Waals surface area contributed by atoms with Crippen molar-refractivity contribution in [3.05, 3.63) is 65.4 Å². The summed E-state index contributed by atoms with van der Waals surface area (Å²) in [5.74, 6) is 0.0980. The summed E-state index contributed by atoms with van der Waals surface area (Å²) in [5, 5.41) is 13.7. The Labute approximate surface area is 176 Å². The van der Waals surface area contributed by atoms with Crippen LogP contribution in [0.2, 0.25) is 0 Å². The Morgan fingerprint density at radius 1 is 1.10 bits per heavy atom. The number of carbonyl (C=O) groups excluding carboxylic acids is 1. The van der Waals surface area contributed by atoms with Crippen LogP contribution < -0.4 is 10.2 Å². The third-order valence-corrected chi connectivity index (χ3v) is 6.42. The largest absolute Gasteiger partial charge is 0.370 e. The molecule has 1 fully saturated rings. The van der Waals surface area contributed by atoms with Crippen molar-refractivity contribution in [1.82, 2.24) is 4.98 Å². The number of hydrogen-bond acceptors (Lipinski definition) is 4. The third-order valence-electron chi connectivity index (χ3n) is 6.42. The fourth-order valence-corrected chi connectivity index (χ4v) is 4.81. The zero-order chi connectivity index (χ0) is 20.5. The Hall–Kier alpha value is -3.39. The maximum atomic E-state index is 12.9. The van der Waals surface area contributed by atoms with Crippen LogP contribution in [0.5, 0.6) is 0 Å². The molecule has 0 atom stereocenters. The molecule has 150 valence electrons. The van der Waals surface area contributed by atoms with Crippen molar-refractivity contribution >= 4 is 28.2 Å². The molecule has 0 bridgehead atoms. The second-order valence-electron chi connectivity index (χ2n) is 8.24. The van der Waals surface area contributed by atoms with Crippen molar-refractivity contribution < 1.29 is 4.79 Å². The van der Waals surface area contributed by atoms with Crippen LogP contribution >= 0.6 is 0 Å². The zero-order valence-corrected chi connectivity index (χ0v) is 16.9. The van der Waals surface area contributed by atoms with E-state index in [0.29, 0.717) is 5.56 Å². The van der Waals surface area contributed by atoms with E-state index >= 15 is 0 Å². The van der Waals surface area contributed by atoms with Crippen molar-refractivity contribution in [2.24, 2.45) is 5.92 Å². The summed E-state index contributed by atoms with van der Waals surface area (Å²) in [6.07, 6.45) is 6.68. The number of anilines is 2. The van der Waals surface area contributed by atoms with Crippen LogP contribution in [0.25, 0.3) is 10.9 Å². The Morgan fingerprint density at radius 3 is 2.73 bits per heavy atom. The molecule has 2 aliphatic rings. The minimum Gasteiger partial charge on any atom is -0.370 e. The SMILES string of the molecule is N#Cc1cnc2ccccc2c1N1CCC(C(=O)Nc2ccc3c(c2)CCC3)CC1. The van der Waals surface area contributed by atoms with Gasteiger partial charge in [0.15, 0.2) is 0 Å². The normalized spacial score (nSPS) is 16.3. The van der Waals surface area contributed by atoms with E-state index in [1.807, 2.05) is 30.3 Å². The van der Waals surface area contributed by atoms with Crippen LogP contribution in [0, 0.1) is 17.2 Å². The molecule has 30 heavy (non-hydrogen) atoms. The first-order chi connectivity index (χ1) is 14.7. The van der Waals surface area contributed by atoms with Gasteiger partial charge in [0, 0.05) is 36.3 Å². The molecule has 2 aromatic carbocycles. The second kappa shape index (κ2) is 7.79. The van der Waals surface area contributed by atoms with Crippen LogP contribution in [0.3, 0.4) is 0 Å². The number of benzene rings is 2. The van der Waals surface area contributed by atoms with Gasteiger partial charge in [-0.05, 0) is 61.4 Å². The number of nitrogens with one attached hydrogen (secondary N) is 1. The standard InChI is InChI=1S/C25H24N4O/c26-15-20-16-27-23-7-2-1-6-22(23)24(20)29-12-10-18(11-13-29)25(30)28-21-9-8-17-4-3-5-19(17)14-21/h1-2,6-9,14,16,18H,3-5,10-13H2,(H,28,30). The van der Waals surface area contributed by atoms with Crippen LogP contribution in [-0.2, 0) is 17.6 Å². The van der Waals surface area contributed by atoms with Gasteiger partial charge in [0.2, 0.25) is 5.91 Å². The van der Waals surface area contributed by atoms with Crippen molar-refractivity contribution in [1.29, 1.82) is 5.26 Å². The number of rotatable bonds is 3. The lowest BCUT2D eigenvalue weighted by molar-refractivity contribution is -0.120. The van der Waals surface area contributed by atoms with E-state index in [4.69, 9.17) is 0 Å². The highest BCUT2D eigenvalue weighted by molar-refractivity contribution is 5.95. The lowest BCUT2D eigenvalue weighted by atomic mass is 9.94. The maximum Gasteiger partial charge on any atom is 0.227 e. The number of aromatic nitrogens is 1. The summed E-state index contributed by atoms with van der Waals surface area (Å²) in [5.41, 5.74) is 6.13. The zero-order valence-electron chi connectivity index (χ0n) is 16.9. The van der Waals surface area contributed by atoms with E-state index in [0.717, 1.165) is 61.1 Å². The van der Waals surface area contributed by atoms with Gasteiger partial charge in [-0.15, -0.1) is 0 Å². The number of fused-ring (bicyclic) bond motifs is 2. The number of aryl methyl sites for hydroxylation is 2. The van der Waals surface area contributed by atoms with Crippen LogP contribution in [-0.4, -0.2) is 24.0 Å². The van der Waals surface area contributed by atoms with Gasteiger partial charge in [0.1, 0.15) is 6.07 Å². The molecule has 5 rings (SSSR count). The van der Waals surface area contributed by atoms with Crippen LogP contribution in [0.15, 0.2) is 48.7 Å². The number of carbonyl (C=O) groups is 1. The monoisotopic (exact) mass is 396 g/mol. The first-order valence-corrected chi connectivity index (χ1v) is 10.7. The van der Waals surface area contributed by atoms with Crippen molar-refractivity contribution in [3.63, 3.8) is 0 Å². The Balaban J connectivity index is 1.29. The van der Waals surface area contributed by atoms with Gasteiger partial charge in [-0.25, -0.2) is 0 Å². The molecule has 0 saturated carbocycles. The summed E-state index contributed by atoms with van der Waals surface area (Å²) in [7, 11) is 0. The lowest BCUT2D eigenvalue weighted by Gasteiger charge is -2.34. The van der Waals surface area contributed by atoms with Gasteiger partial charge >= 0.3 is 0 Å². The molecule has 1 saturated heterocycles. The van der Waals surface area contributed by atoms with Gasteiger partial charge in [-0.3, -0.25) is 9.78 Å². The highest BCUT2D eigenvalue weighted by Gasteiger charge is 2.27. The van der Waals surface area contributed by atoms with E-state index in [1.165, 1.54) is 17.5 Å². The highest BCUT2D eigenvalue weighted by Crippen LogP contribution is 2.33. The van der Waals surface area contributed by atoms with Crippen LogP contribution in [0.4, 0.5) is 11.4 Å².